The minimum atomic E-state index is 0.764. The molecule has 0 amide bonds. The van der Waals surface area contributed by atoms with E-state index in [2.05, 4.69) is 25.8 Å². The Hall–Kier alpha value is -0.0400. The third-order valence-corrected chi connectivity index (χ3v) is 4.24. The Balaban J connectivity index is 1.83. The topological polar surface area (TPSA) is 3.24 Å². The number of rotatable bonds is 1. The molecule has 1 saturated heterocycles. The predicted octanol–water partition coefficient (Wildman–Crippen LogP) is 2.76. The summed E-state index contributed by atoms with van der Waals surface area (Å²) >= 11 is 0. The van der Waals surface area contributed by atoms with Crippen molar-refractivity contribution >= 4 is 0 Å². The summed E-state index contributed by atoms with van der Waals surface area (Å²) in [4.78, 5) is 2.47. The van der Waals surface area contributed by atoms with Crippen LogP contribution < -0.4 is 0 Å². The van der Waals surface area contributed by atoms with E-state index in [0.29, 0.717) is 0 Å². The fraction of sp³-hybridized carbons (Fsp3) is 1.00. The molecule has 2 fully saturated rings. The fourth-order valence-electron chi connectivity index (χ4n) is 3.33. The lowest BCUT2D eigenvalue weighted by atomic mass is 9.64. The summed E-state index contributed by atoms with van der Waals surface area (Å²) in [6.45, 7) is 7.51. The molecule has 0 bridgehead atoms. The molecule has 0 aromatic rings. The van der Waals surface area contributed by atoms with Gasteiger partial charge in [0.25, 0.3) is 0 Å². The van der Waals surface area contributed by atoms with Gasteiger partial charge in [0, 0.05) is 13.1 Å². The van der Waals surface area contributed by atoms with E-state index in [4.69, 9.17) is 0 Å². The van der Waals surface area contributed by atoms with E-state index in [1.807, 2.05) is 0 Å². The molecule has 0 radical (unpaired) electrons. The second-order valence-electron chi connectivity index (χ2n) is 5.75. The van der Waals surface area contributed by atoms with E-state index in [-0.39, 0.29) is 0 Å². The van der Waals surface area contributed by atoms with Crippen LogP contribution in [0.3, 0.4) is 0 Å². The molecule has 0 aromatic carbocycles. The smallest absolute Gasteiger partial charge is 0.00474 e. The van der Waals surface area contributed by atoms with Crippen molar-refractivity contribution in [2.24, 2.45) is 17.3 Å². The van der Waals surface area contributed by atoms with Gasteiger partial charge in [0.15, 0.2) is 0 Å². The SMILES string of the molecule is CC(C)C1CCC2(CC1)CN(C)C2. The van der Waals surface area contributed by atoms with Crippen molar-refractivity contribution in [1.29, 1.82) is 0 Å². The van der Waals surface area contributed by atoms with Crippen molar-refractivity contribution < 1.29 is 0 Å². The fourth-order valence-corrected chi connectivity index (χ4v) is 3.33. The lowest BCUT2D eigenvalue weighted by Crippen LogP contribution is -2.55. The molecule has 1 heterocycles. The Morgan fingerprint density at radius 2 is 1.69 bits per heavy atom. The highest BCUT2D eigenvalue weighted by Gasteiger charge is 2.43. The Morgan fingerprint density at radius 3 is 2.08 bits per heavy atom. The van der Waals surface area contributed by atoms with Crippen molar-refractivity contribution in [3.05, 3.63) is 0 Å². The van der Waals surface area contributed by atoms with Crippen molar-refractivity contribution in [2.45, 2.75) is 39.5 Å². The van der Waals surface area contributed by atoms with E-state index in [1.54, 1.807) is 0 Å². The number of nitrogens with zero attached hydrogens (tertiary/aromatic N) is 1. The molecule has 2 rings (SSSR count). The van der Waals surface area contributed by atoms with Gasteiger partial charge in [-0.3, -0.25) is 0 Å². The van der Waals surface area contributed by atoms with Gasteiger partial charge in [-0.15, -0.1) is 0 Å². The van der Waals surface area contributed by atoms with Gasteiger partial charge in [-0.1, -0.05) is 13.8 Å². The lowest BCUT2D eigenvalue weighted by Gasteiger charge is -2.52. The summed E-state index contributed by atoms with van der Waals surface area (Å²) in [6, 6.07) is 0. The first kappa shape index (κ1) is 9.51. The van der Waals surface area contributed by atoms with Crippen LogP contribution in [-0.4, -0.2) is 25.0 Å². The Labute approximate surface area is 82.5 Å². The van der Waals surface area contributed by atoms with Crippen molar-refractivity contribution in [1.82, 2.24) is 4.90 Å². The quantitative estimate of drug-likeness (QED) is 0.601. The first-order chi connectivity index (χ1) is 6.11. The largest absolute Gasteiger partial charge is 0.305 e. The molecular weight excluding hydrogens is 158 g/mol. The first-order valence-corrected chi connectivity index (χ1v) is 5.80. The average Bonchev–Trinajstić information content (AvgIpc) is 2.03. The van der Waals surface area contributed by atoms with Gasteiger partial charge in [0.2, 0.25) is 0 Å². The Morgan fingerprint density at radius 1 is 1.15 bits per heavy atom. The Bertz CT molecular complexity index is 170. The van der Waals surface area contributed by atoms with Gasteiger partial charge in [0.05, 0.1) is 0 Å². The zero-order chi connectivity index (χ0) is 9.47. The zero-order valence-electron chi connectivity index (χ0n) is 9.34. The minimum Gasteiger partial charge on any atom is -0.305 e. The van der Waals surface area contributed by atoms with Crippen LogP contribution in [0.2, 0.25) is 0 Å². The molecule has 1 aliphatic carbocycles. The highest BCUT2D eigenvalue weighted by molar-refractivity contribution is 4.96. The maximum absolute atomic E-state index is 2.47. The van der Waals surface area contributed by atoms with Crippen LogP contribution in [0, 0.1) is 17.3 Å². The van der Waals surface area contributed by atoms with Crippen LogP contribution in [0.1, 0.15) is 39.5 Å². The summed E-state index contributed by atoms with van der Waals surface area (Å²) in [5.74, 6) is 1.94. The normalized spacial score (nSPS) is 29.5. The maximum atomic E-state index is 2.47. The average molecular weight is 181 g/mol. The van der Waals surface area contributed by atoms with Crippen LogP contribution in [-0.2, 0) is 0 Å². The van der Waals surface area contributed by atoms with E-state index >= 15 is 0 Å². The summed E-state index contributed by atoms with van der Waals surface area (Å²) in [7, 11) is 2.25. The summed E-state index contributed by atoms with van der Waals surface area (Å²) in [5.41, 5.74) is 0.764. The van der Waals surface area contributed by atoms with Gasteiger partial charge < -0.3 is 4.90 Å². The lowest BCUT2D eigenvalue weighted by molar-refractivity contribution is -0.0261. The highest BCUT2D eigenvalue weighted by Crippen LogP contribution is 2.46. The molecule has 0 atom stereocenters. The molecule has 1 spiro atoms. The van der Waals surface area contributed by atoms with Gasteiger partial charge in [-0.05, 0) is 50.0 Å². The third kappa shape index (κ3) is 1.76. The van der Waals surface area contributed by atoms with Crippen LogP contribution in [0.15, 0.2) is 0 Å². The molecule has 1 aliphatic heterocycles. The van der Waals surface area contributed by atoms with E-state index in [0.717, 1.165) is 17.3 Å². The van der Waals surface area contributed by atoms with E-state index < -0.39 is 0 Å². The van der Waals surface area contributed by atoms with E-state index in [1.165, 1.54) is 38.8 Å². The van der Waals surface area contributed by atoms with Crippen molar-refractivity contribution in [3.63, 3.8) is 0 Å². The van der Waals surface area contributed by atoms with Crippen LogP contribution >= 0.6 is 0 Å². The monoisotopic (exact) mass is 181 g/mol. The minimum absolute atomic E-state index is 0.764. The molecule has 0 unspecified atom stereocenters. The van der Waals surface area contributed by atoms with Crippen LogP contribution in [0.25, 0.3) is 0 Å². The molecule has 0 aromatic heterocycles. The standard InChI is InChI=1S/C12H23N/c1-10(2)11-4-6-12(7-5-11)8-13(3)9-12/h10-11H,4-9H2,1-3H3. The Kier molecular flexibility index (Phi) is 2.39. The molecule has 1 nitrogen and oxygen atoms in total. The second-order valence-corrected chi connectivity index (χ2v) is 5.75. The van der Waals surface area contributed by atoms with Gasteiger partial charge in [0.1, 0.15) is 0 Å². The van der Waals surface area contributed by atoms with Crippen molar-refractivity contribution in [3.8, 4) is 0 Å². The van der Waals surface area contributed by atoms with Crippen molar-refractivity contribution in [2.75, 3.05) is 20.1 Å². The third-order valence-electron chi connectivity index (χ3n) is 4.24. The summed E-state index contributed by atoms with van der Waals surface area (Å²) in [5, 5.41) is 0. The molecule has 76 valence electrons. The van der Waals surface area contributed by atoms with Gasteiger partial charge in [-0.25, -0.2) is 0 Å². The van der Waals surface area contributed by atoms with Gasteiger partial charge >= 0.3 is 0 Å². The van der Waals surface area contributed by atoms with Crippen LogP contribution in [0.5, 0.6) is 0 Å². The predicted molar refractivity (Wildman–Crippen MR) is 56.7 cm³/mol. The summed E-state index contributed by atoms with van der Waals surface area (Å²) < 4.78 is 0. The molecular formula is C12H23N. The number of likely N-dealkylation sites (tertiary alicyclic amines) is 1. The molecule has 1 heteroatoms. The maximum Gasteiger partial charge on any atom is 0.00474 e. The van der Waals surface area contributed by atoms with Crippen LogP contribution in [0.4, 0.5) is 0 Å². The number of hydrogen-bond donors (Lipinski definition) is 0. The van der Waals surface area contributed by atoms with E-state index in [9.17, 15) is 0 Å². The zero-order valence-corrected chi connectivity index (χ0v) is 9.34. The first-order valence-electron chi connectivity index (χ1n) is 5.80. The number of hydrogen-bond acceptors (Lipinski definition) is 1. The molecule has 1 saturated carbocycles. The summed E-state index contributed by atoms with van der Waals surface area (Å²) in [6.07, 6.45) is 5.98. The molecule has 0 N–H and O–H groups in total. The highest BCUT2D eigenvalue weighted by atomic mass is 15.2. The molecule has 2 aliphatic rings. The second kappa shape index (κ2) is 3.27. The van der Waals surface area contributed by atoms with Gasteiger partial charge in [-0.2, -0.15) is 0 Å². The molecule has 13 heavy (non-hydrogen) atoms.